The van der Waals surface area contributed by atoms with E-state index in [1.165, 1.54) is 16.9 Å². The molecule has 2 N–H and O–H groups in total. The lowest BCUT2D eigenvalue weighted by Gasteiger charge is -2.12. The van der Waals surface area contributed by atoms with Gasteiger partial charge in [0.15, 0.2) is 5.69 Å². The maximum Gasteiger partial charge on any atom is 0.356 e. The van der Waals surface area contributed by atoms with Crippen LogP contribution in [0.3, 0.4) is 0 Å². The Kier molecular flexibility index (Phi) is 5.31. The predicted octanol–water partition coefficient (Wildman–Crippen LogP) is 0.295. The minimum atomic E-state index is -1.11. The average molecular weight is 255 g/mol. The Morgan fingerprint density at radius 2 is 2.33 bits per heavy atom. The van der Waals surface area contributed by atoms with Crippen LogP contribution in [0.4, 0.5) is 0 Å². The van der Waals surface area contributed by atoms with Crippen LogP contribution in [0.25, 0.3) is 0 Å². The summed E-state index contributed by atoms with van der Waals surface area (Å²) < 4.78 is 6.19. The van der Waals surface area contributed by atoms with Crippen molar-refractivity contribution in [1.29, 1.82) is 0 Å². The second-order valence-electron chi connectivity index (χ2n) is 3.80. The van der Waals surface area contributed by atoms with Crippen molar-refractivity contribution in [3.8, 4) is 0 Å². The van der Waals surface area contributed by atoms with Crippen molar-refractivity contribution in [2.24, 2.45) is 0 Å². The van der Waals surface area contributed by atoms with Gasteiger partial charge in [-0.15, -0.1) is 0 Å². The zero-order chi connectivity index (χ0) is 13.5. The van der Waals surface area contributed by atoms with Gasteiger partial charge < -0.3 is 15.2 Å². The van der Waals surface area contributed by atoms with Crippen LogP contribution in [0.1, 0.15) is 29.9 Å². The molecule has 0 saturated carbocycles. The first kappa shape index (κ1) is 14.2. The molecule has 1 aromatic rings. The topological polar surface area (TPSA) is 93.5 Å². The van der Waals surface area contributed by atoms with Gasteiger partial charge in [0.2, 0.25) is 5.91 Å². The fourth-order valence-corrected chi connectivity index (χ4v) is 1.36. The summed E-state index contributed by atoms with van der Waals surface area (Å²) >= 11 is 0. The molecule has 1 unspecified atom stereocenters. The summed E-state index contributed by atoms with van der Waals surface area (Å²) in [4.78, 5) is 22.4. The standard InChI is InChI=1S/C11H17N3O4/c1-8(10(15)12-5-3-7-18-2)14-6-4-9(13-14)11(16)17/h4,6,8H,3,5,7H2,1-2H3,(H,12,15)(H,16,17). The number of aromatic carboxylic acids is 1. The molecule has 0 aliphatic rings. The number of nitrogens with one attached hydrogen (secondary N) is 1. The predicted molar refractivity (Wildman–Crippen MR) is 63.4 cm³/mol. The second kappa shape index (κ2) is 6.75. The van der Waals surface area contributed by atoms with Gasteiger partial charge in [0.25, 0.3) is 0 Å². The van der Waals surface area contributed by atoms with Crippen molar-refractivity contribution < 1.29 is 19.4 Å². The molecule has 1 amide bonds. The Hall–Kier alpha value is -1.89. The summed E-state index contributed by atoms with van der Waals surface area (Å²) in [6.07, 6.45) is 2.21. The Morgan fingerprint density at radius 1 is 1.61 bits per heavy atom. The molecule has 1 atom stereocenters. The molecule has 1 aromatic heterocycles. The molecule has 100 valence electrons. The number of amides is 1. The first-order valence-corrected chi connectivity index (χ1v) is 5.61. The van der Waals surface area contributed by atoms with Crippen LogP contribution >= 0.6 is 0 Å². The van der Waals surface area contributed by atoms with Gasteiger partial charge in [-0.25, -0.2) is 4.79 Å². The van der Waals surface area contributed by atoms with Gasteiger partial charge in [-0.2, -0.15) is 5.10 Å². The number of aromatic nitrogens is 2. The Morgan fingerprint density at radius 3 is 2.89 bits per heavy atom. The van der Waals surface area contributed by atoms with Gasteiger partial charge in [0.05, 0.1) is 0 Å². The average Bonchev–Trinajstić information content (AvgIpc) is 2.83. The summed E-state index contributed by atoms with van der Waals surface area (Å²) in [7, 11) is 1.60. The minimum Gasteiger partial charge on any atom is -0.476 e. The first-order valence-electron chi connectivity index (χ1n) is 5.61. The molecule has 0 bridgehead atoms. The highest BCUT2D eigenvalue weighted by molar-refractivity contribution is 5.85. The SMILES string of the molecule is COCCCNC(=O)C(C)n1ccc(C(=O)O)n1. The lowest BCUT2D eigenvalue weighted by Crippen LogP contribution is -2.32. The number of carboxylic acid groups (broad SMARTS) is 1. The molecule has 0 radical (unpaired) electrons. The van der Waals surface area contributed by atoms with Gasteiger partial charge in [-0.3, -0.25) is 9.48 Å². The Balaban J connectivity index is 2.49. The van der Waals surface area contributed by atoms with Crippen LogP contribution in [0, 0.1) is 0 Å². The van der Waals surface area contributed by atoms with E-state index >= 15 is 0 Å². The highest BCUT2D eigenvalue weighted by Crippen LogP contribution is 2.06. The Labute approximate surface area is 105 Å². The number of methoxy groups -OCH3 is 1. The molecular formula is C11H17N3O4. The van der Waals surface area contributed by atoms with Crippen LogP contribution < -0.4 is 5.32 Å². The molecule has 0 aromatic carbocycles. The molecule has 7 nitrogen and oxygen atoms in total. The maximum atomic E-state index is 11.7. The summed E-state index contributed by atoms with van der Waals surface area (Å²) in [6, 6.07) is 0.817. The number of ether oxygens (including phenoxy) is 1. The quantitative estimate of drug-likeness (QED) is 0.683. The van der Waals surface area contributed by atoms with Gasteiger partial charge in [-0.05, 0) is 19.4 Å². The number of nitrogens with zero attached hydrogens (tertiary/aromatic N) is 2. The molecule has 0 spiro atoms. The summed E-state index contributed by atoms with van der Waals surface area (Å²) in [5, 5.41) is 15.3. The molecule has 1 rings (SSSR count). The van der Waals surface area contributed by atoms with E-state index in [1.54, 1.807) is 14.0 Å². The number of carboxylic acids is 1. The van der Waals surface area contributed by atoms with Crippen molar-refractivity contribution >= 4 is 11.9 Å². The zero-order valence-corrected chi connectivity index (χ0v) is 10.4. The van der Waals surface area contributed by atoms with E-state index in [0.29, 0.717) is 13.2 Å². The van der Waals surface area contributed by atoms with Crippen molar-refractivity contribution in [1.82, 2.24) is 15.1 Å². The van der Waals surface area contributed by atoms with Crippen LogP contribution in [0.15, 0.2) is 12.3 Å². The third-order valence-electron chi connectivity index (χ3n) is 2.43. The number of carbonyl (C=O) groups excluding carboxylic acids is 1. The third kappa shape index (κ3) is 3.85. The summed E-state index contributed by atoms with van der Waals surface area (Å²) in [5.41, 5.74) is -0.0750. The number of hydrogen-bond donors (Lipinski definition) is 2. The largest absolute Gasteiger partial charge is 0.476 e. The number of rotatable bonds is 7. The smallest absolute Gasteiger partial charge is 0.356 e. The van der Waals surface area contributed by atoms with Crippen LogP contribution in [0.5, 0.6) is 0 Å². The van der Waals surface area contributed by atoms with E-state index in [2.05, 4.69) is 10.4 Å². The lowest BCUT2D eigenvalue weighted by atomic mass is 10.3. The fraction of sp³-hybridized carbons (Fsp3) is 0.545. The van der Waals surface area contributed by atoms with Crippen LogP contribution in [-0.2, 0) is 9.53 Å². The third-order valence-corrected chi connectivity index (χ3v) is 2.43. The van der Waals surface area contributed by atoms with E-state index in [0.717, 1.165) is 6.42 Å². The van der Waals surface area contributed by atoms with Crippen molar-refractivity contribution in [3.05, 3.63) is 18.0 Å². The molecule has 18 heavy (non-hydrogen) atoms. The lowest BCUT2D eigenvalue weighted by molar-refractivity contribution is -0.124. The monoisotopic (exact) mass is 255 g/mol. The van der Waals surface area contributed by atoms with Gasteiger partial charge in [-0.1, -0.05) is 0 Å². The van der Waals surface area contributed by atoms with E-state index in [-0.39, 0.29) is 11.6 Å². The van der Waals surface area contributed by atoms with Gasteiger partial charge >= 0.3 is 5.97 Å². The number of hydrogen-bond acceptors (Lipinski definition) is 4. The molecule has 0 fully saturated rings. The van der Waals surface area contributed by atoms with E-state index in [1.807, 2.05) is 0 Å². The summed E-state index contributed by atoms with van der Waals surface area (Å²) in [6.45, 7) is 2.76. The molecular weight excluding hydrogens is 238 g/mol. The van der Waals surface area contributed by atoms with E-state index < -0.39 is 12.0 Å². The molecule has 0 saturated heterocycles. The van der Waals surface area contributed by atoms with Crippen molar-refractivity contribution in [2.75, 3.05) is 20.3 Å². The van der Waals surface area contributed by atoms with Gasteiger partial charge in [0.1, 0.15) is 6.04 Å². The minimum absolute atomic E-state index is 0.0750. The highest BCUT2D eigenvalue weighted by Gasteiger charge is 2.16. The van der Waals surface area contributed by atoms with Crippen molar-refractivity contribution in [2.45, 2.75) is 19.4 Å². The van der Waals surface area contributed by atoms with Crippen LogP contribution in [0.2, 0.25) is 0 Å². The molecule has 1 heterocycles. The highest BCUT2D eigenvalue weighted by atomic mass is 16.5. The summed E-state index contributed by atoms with van der Waals surface area (Å²) in [5.74, 6) is -1.31. The van der Waals surface area contributed by atoms with Crippen LogP contribution in [-0.4, -0.2) is 47.0 Å². The molecule has 0 aliphatic carbocycles. The number of carbonyl (C=O) groups is 2. The second-order valence-corrected chi connectivity index (χ2v) is 3.80. The van der Waals surface area contributed by atoms with E-state index in [4.69, 9.17) is 9.84 Å². The first-order chi connectivity index (χ1) is 8.56. The van der Waals surface area contributed by atoms with Gasteiger partial charge in [0, 0.05) is 26.5 Å². The molecule has 7 heteroatoms. The fourth-order valence-electron chi connectivity index (χ4n) is 1.36. The van der Waals surface area contributed by atoms with Crippen molar-refractivity contribution in [3.63, 3.8) is 0 Å². The maximum absolute atomic E-state index is 11.7. The Bertz CT molecular complexity index is 416. The molecule has 0 aliphatic heterocycles. The zero-order valence-electron chi connectivity index (χ0n) is 10.4. The normalized spacial score (nSPS) is 12.1. The van der Waals surface area contributed by atoms with E-state index in [9.17, 15) is 9.59 Å².